The maximum atomic E-state index is 11.3. The van der Waals surface area contributed by atoms with Crippen LogP contribution in [0.1, 0.15) is 31.2 Å². The van der Waals surface area contributed by atoms with Crippen LogP contribution in [-0.4, -0.2) is 54.9 Å². The summed E-state index contributed by atoms with van der Waals surface area (Å²) in [6, 6.07) is 7.06. The van der Waals surface area contributed by atoms with Gasteiger partial charge in [0.15, 0.2) is 0 Å². The van der Waals surface area contributed by atoms with Crippen molar-refractivity contribution in [2.24, 2.45) is 0 Å². The molecular formula is C17H23N3O2. The Bertz CT molecular complexity index is 604. The SMILES string of the molecule is CCCN1CCN2c3c(cccc31)[C@@H]1CN(C(=O)O)CC[C@@H]12. The van der Waals surface area contributed by atoms with Gasteiger partial charge < -0.3 is 19.8 Å². The molecule has 1 N–H and O–H groups in total. The number of hydrogen-bond donors (Lipinski definition) is 1. The molecule has 0 spiro atoms. The molecule has 0 saturated carbocycles. The van der Waals surface area contributed by atoms with Crippen molar-refractivity contribution in [3.8, 4) is 0 Å². The van der Waals surface area contributed by atoms with Crippen LogP contribution >= 0.6 is 0 Å². The molecule has 5 nitrogen and oxygen atoms in total. The summed E-state index contributed by atoms with van der Waals surface area (Å²) in [6.07, 6.45) is 1.32. The molecule has 3 aliphatic rings. The molecule has 0 bridgehead atoms. The number of amides is 1. The fourth-order valence-electron chi connectivity index (χ4n) is 4.50. The molecule has 0 aliphatic carbocycles. The third-order valence-corrected chi connectivity index (χ3v) is 5.42. The van der Waals surface area contributed by atoms with E-state index in [1.165, 1.54) is 16.9 Å². The molecule has 0 aromatic heterocycles. The number of carbonyl (C=O) groups is 1. The maximum absolute atomic E-state index is 11.3. The minimum absolute atomic E-state index is 0.335. The van der Waals surface area contributed by atoms with Gasteiger partial charge in [-0.3, -0.25) is 0 Å². The van der Waals surface area contributed by atoms with Crippen LogP contribution in [0.5, 0.6) is 0 Å². The van der Waals surface area contributed by atoms with E-state index in [1.54, 1.807) is 4.90 Å². The highest BCUT2D eigenvalue weighted by Gasteiger charge is 2.45. The van der Waals surface area contributed by atoms with Gasteiger partial charge in [-0.2, -0.15) is 0 Å². The first-order valence-corrected chi connectivity index (χ1v) is 8.33. The monoisotopic (exact) mass is 301 g/mol. The lowest BCUT2D eigenvalue weighted by atomic mass is 9.89. The van der Waals surface area contributed by atoms with Gasteiger partial charge in [-0.25, -0.2) is 4.79 Å². The second kappa shape index (κ2) is 5.07. The largest absolute Gasteiger partial charge is 0.465 e. The molecular weight excluding hydrogens is 278 g/mol. The summed E-state index contributed by atoms with van der Waals surface area (Å²) in [5.41, 5.74) is 4.08. The minimum Gasteiger partial charge on any atom is -0.465 e. The number of hydrogen-bond acceptors (Lipinski definition) is 3. The molecule has 1 aromatic rings. The minimum atomic E-state index is -0.780. The van der Waals surface area contributed by atoms with Gasteiger partial charge in [-0.05, 0) is 24.5 Å². The zero-order valence-electron chi connectivity index (χ0n) is 13.0. The number of carboxylic acid groups (broad SMARTS) is 1. The first kappa shape index (κ1) is 13.7. The molecule has 1 saturated heterocycles. The number of anilines is 2. The van der Waals surface area contributed by atoms with Gasteiger partial charge in [0.2, 0.25) is 0 Å². The van der Waals surface area contributed by atoms with Gasteiger partial charge in [0.05, 0.1) is 11.4 Å². The van der Waals surface area contributed by atoms with Crippen molar-refractivity contribution < 1.29 is 9.90 Å². The third kappa shape index (κ3) is 1.87. The highest BCUT2D eigenvalue weighted by molar-refractivity contribution is 5.81. The first-order valence-electron chi connectivity index (χ1n) is 8.33. The van der Waals surface area contributed by atoms with Gasteiger partial charge in [0.25, 0.3) is 0 Å². The van der Waals surface area contributed by atoms with E-state index in [1.807, 2.05) is 0 Å². The van der Waals surface area contributed by atoms with Crippen LogP contribution in [0.25, 0.3) is 0 Å². The summed E-state index contributed by atoms with van der Waals surface area (Å²) >= 11 is 0. The van der Waals surface area contributed by atoms with Crippen LogP contribution in [0, 0.1) is 0 Å². The summed E-state index contributed by atoms with van der Waals surface area (Å²) < 4.78 is 0. The zero-order chi connectivity index (χ0) is 15.3. The molecule has 22 heavy (non-hydrogen) atoms. The molecule has 0 radical (unpaired) electrons. The first-order chi connectivity index (χ1) is 10.7. The lowest BCUT2D eigenvalue weighted by Gasteiger charge is -2.42. The van der Waals surface area contributed by atoms with Crippen LogP contribution in [0.15, 0.2) is 18.2 Å². The number of likely N-dealkylation sites (tertiary alicyclic amines) is 1. The molecule has 1 fully saturated rings. The number of piperidine rings is 1. The Labute approximate surface area is 131 Å². The Morgan fingerprint density at radius 1 is 1.32 bits per heavy atom. The fourth-order valence-corrected chi connectivity index (χ4v) is 4.50. The van der Waals surface area contributed by atoms with Crippen LogP contribution in [-0.2, 0) is 0 Å². The summed E-state index contributed by atoms with van der Waals surface area (Å²) in [4.78, 5) is 18.0. The van der Waals surface area contributed by atoms with Crippen molar-refractivity contribution in [3.63, 3.8) is 0 Å². The molecule has 118 valence electrons. The van der Waals surface area contributed by atoms with Crippen LogP contribution in [0.2, 0.25) is 0 Å². The highest BCUT2D eigenvalue weighted by atomic mass is 16.4. The average Bonchev–Trinajstić information content (AvgIpc) is 2.85. The van der Waals surface area contributed by atoms with Gasteiger partial charge in [0.1, 0.15) is 0 Å². The number of fused-ring (bicyclic) bond motifs is 3. The van der Waals surface area contributed by atoms with Crippen molar-refractivity contribution in [2.75, 3.05) is 42.5 Å². The van der Waals surface area contributed by atoms with E-state index >= 15 is 0 Å². The average molecular weight is 301 g/mol. The second-order valence-electron chi connectivity index (χ2n) is 6.59. The van der Waals surface area contributed by atoms with E-state index < -0.39 is 6.09 Å². The fraction of sp³-hybridized carbons (Fsp3) is 0.588. The lowest BCUT2D eigenvalue weighted by Crippen LogP contribution is -2.50. The van der Waals surface area contributed by atoms with Gasteiger partial charge in [0, 0.05) is 44.7 Å². The van der Waals surface area contributed by atoms with Crippen molar-refractivity contribution in [3.05, 3.63) is 23.8 Å². The van der Waals surface area contributed by atoms with Crippen molar-refractivity contribution in [1.29, 1.82) is 0 Å². The number of nitrogens with zero attached hydrogens (tertiary/aromatic N) is 3. The van der Waals surface area contributed by atoms with Crippen LogP contribution in [0.3, 0.4) is 0 Å². The quantitative estimate of drug-likeness (QED) is 0.912. The molecule has 5 heteroatoms. The predicted molar refractivity (Wildman–Crippen MR) is 87.0 cm³/mol. The molecule has 3 aliphatic heterocycles. The number of rotatable bonds is 2. The van der Waals surface area contributed by atoms with E-state index in [4.69, 9.17) is 0 Å². The Morgan fingerprint density at radius 2 is 2.18 bits per heavy atom. The molecule has 4 rings (SSSR count). The molecule has 3 heterocycles. The summed E-state index contributed by atoms with van der Waals surface area (Å²) in [6.45, 7) is 6.77. The van der Waals surface area contributed by atoms with Gasteiger partial charge >= 0.3 is 6.09 Å². The molecule has 1 aromatic carbocycles. The van der Waals surface area contributed by atoms with E-state index in [2.05, 4.69) is 34.9 Å². The Morgan fingerprint density at radius 3 is 2.95 bits per heavy atom. The van der Waals surface area contributed by atoms with Gasteiger partial charge in [-0.15, -0.1) is 0 Å². The van der Waals surface area contributed by atoms with E-state index in [-0.39, 0.29) is 0 Å². The van der Waals surface area contributed by atoms with E-state index in [0.29, 0.717) is 25.0 Å². The lowest BCUT2D eigenvalue weighted by molar-refractivity contribution is 0.127. The maximum Gasteiger partial charge on any atom is 0.407 e. The van der Waals surface area contributed by atoms with Crippen molar-refractivity contribution >= 4 is 17.5 Å². The van der Waals surface area contributed by atoms with E-state index in [9.17, 15) is 9.90 Å². The molecule has 0 unspecified atom stereocenters. The van der Waals surface area contributed by atoms with Crippen molar-refractivity contribution in [1.82, 2.24) is 4.90 Å². The van der Waals surface area contributed by atoms with Crippen LogP contribution < -0.4 is 9.80 Å². The topological polar surface area (TPSA) is 47.0 Å². The normalized spacial score (nSPS) is 26.0. The standard InChI is InChI=1S/C17H23N3O2/c1-2-7-18-9-10-20-14-6-8-19(17(21)22)11-13(14)12-4-3-5-15(18)16(12)20/h3-5,13-14H,2,6-11H2,1H3,(H,21,22)/t13-,14-/m0/s1. The predicted octanol–water partition coefficient (Wildman–Crippen LogP) is 2.57. The number of para-hydroxylation sites is 1. The summed E-state index contributed by atoms with van der Waals surface area (Å²) in [7, 11) is 0. The van der Waals surface area contributed by atoms with Crippen molar-refractivity contribution in [2.45, 2.75) is 31.7 Å². The number of benzene rings is 1. The van der Waals surface area contributed by atoms with E-state index in [0.717, 1.165) is 32.5 Å². The Kier molecular flexibility index (Phi) is 3.17. The summed E-state index contributed by atoms with van der Waals surface area (Å²) in [5, 5.41) is 9.31. The molecule has 2 atom stereocenters. The smallest absolute Gasteiger partial charge is 0.407 e. The highest BCUT2D eigenvalue weighted by Crippen LogP contribution is 2.50. The Balaban J connectivity index is 1.73. The summed E-state index contributed by atoms with van der Waals surface area (Å²) in [5.74, 6) is 0.335. The third-order valence-electron chi connectivity index (χ3n) is 5.42. The van der Waals surface area contributed by atoms with Gasteiger partial charge in [-0.1, -0.05) is 19.1 Å². The Hall–Kier alpha value is -1.91. The molecule has 1 amide bonds. The second-order valence-corrected chi connectivity index (χ2v) is 6.59. The van der Waals surface area contributed by atoms with Crippen LogP contribution in [0.4, 0.5) is 16.2 Å². The zero-order valence-corrected chi connectivity index (χ0v) is 13.0.